The summed E-state index contributed by atoms with van der Waals surface area (Å²) in [5.41, 5.74) is 0.665. The van der Waals surface area contributed by atoms with Gasteiger partial charge >= 0.3 is 11.9 Å². The van der Waals surface area contributed by atoms with Gasteiger partial charge in [0.05, 0.1) is 36.5 Å². The van der Waals surface area contributed by atoms with Crippen molar-refractivity contribution >= 4 is 11.9 Å². The molecule has 2 unspecified atom stereocenters. The first kappa shape index (κ1) is 20.1. The van der Waals surface area contributed by atoms with Crippen molar-refractivity contribution in [1.29, 1.82) is 0 Å². The third-order valence-electron chi connectivity index (χ3n) is 3.67. The van der Waals surface area contributed by atoms with E-state index in [0.29, 0.717) is 36.8 Å². The topological polar surface area (TPSA) is 93.1 Å². The van der Waals surface area contributed by atoms with Crippen LogP contribution in [0.4, 0.5) is 0 Å². The van der Waals surface area contributed by atoms with E-state index in [-0.39, 0.29) is 13.2 Å². The minimum Gasteiger partial charge on any atom is -0.462 e. The summed E-state index contributed by atoms with van der Waals surface area (Å²) >= 11 is 0. The largest absolute Gasteiger partial charge is 0.462 e. The van der Waals surface area contributed by atoms with Crippen LogP contribution in [0.25, 0.3) is 0 Å². The van der Waals surface area contributed by atoms with Crippen LogP contribution in [0.1, 0.15) is 60.2 Å². The second-order valence-electron chi connectivity index (χ2n) is 5.55. The fourth-order valence-corrected chi connectivity index (χ4v) is 1.89. The van der Waals surface area contributed by atoms with Crippen molar-refractivity contribution in [2.45, 2.75) is 51.7 Å². The van der Waals surface area contributed by atoms with Crippen molar-refractivity contribution in [2.75, 3.05) is 13.2 Å². The van der Waals surface area contributed by atoms with Crippen molar-refractivity contribution < 1.29 is 29.3 Å². The van der Waals surface area contributed by atoms with Gasteiger partial charge in [0.15, 0.2) is 0 Å². The van der Waals surface area contributed by atoms with E-state index in [1.165, 1.54) is 24.3 Å². The average Bonchev–Trinajstić information content (AvgIpc) is 2.61. The number of rotatable bonds is 10. The Labute approximate surface area is 142 Å². The molecule has 6 heteroatoms. The molecular formula is C18H26O6. The standard InChI is InChI=1S/C18H26O6/c1-3-15(19)9-11-23-17(21)13-5-7-14(8-6-13)18(22)24-12-10-16(20)4-2/h5-8,15-16,19-20H,3-4,9-12H2,1-2H3. The van der Waals surface area contributed by atoms with Gasteiger partial charge in [-0.25, -0.2) is 9.59 Å². The quantitative estimate of drug-likeness (QED) is 0.636. The maximum atomic E-state index is 11.8. The lowest BCUT2D eigenvalue weighted by molar-refractivity contribution is 0.0412. The maximum absolute atomic E-state index is 11.8. The molecule has 0 fully saturated rings. The van der Waals surface area contributed by atoms with Crippen molar-refractivity contribution in [3.63, 3.8) is 0 Å². The minimum absolute atomic E-state index is 0.150. The molecule has 0 amide bonds. The van der Waals surface area contributed by atoms with E-state index in [1.807, 2.05) is 13.8 Å². The molecule has 24 heavy (non-hydrogen) atoms. The van der Waals surface area contributed by atoms with E-state index >= 15 is 0 Å². The summed E-state index contributed by atoms with van der Waals surface area (Å²) in [5, 5.41) is 18.8. The first-order valence-electron chi connectivity index (χ1n) is 8.28. The summed E-state index contributed by atoms with van der Waals surface area (Å²) in [6.07, 6.45) is 1.09. The molecule has 0 saturated carbocycles. The molecule has 0 heterocycles. The predicted octanol–water partition coefficient (Wildman–Crippen LogP) is 2.32. The Hall–Kier alpha value is -1.92. The van der Waals surface area contributed by atoms with Crippen molar-refractivity contribution in [2.24, 2.45) is 0 Å². The Morgan fingerprint density at radius 3 is 1.46 bits per heavy atom. The molecule has 0 aliphatic heterocycles. The Kier molecular flexibility index (Phi) is 9.04. The predicted molar refractivity (Wildman–Crippen MR) is 88.8 cm³/mol. The molecule has 6 nitrogen and oxygen atoms in total. The monoisotopic (exact) mass is 338 g/mol. The number of ether oxygens (including phenoxy) is 2. The minimum atomic E-state index is -0.496. The molecule has 1 rings (SSSR count). The summed E-state index contributed by atoms with van der Waals surface area (Å²) in [6.45, 7) is 4.01. The molecule has 2 atom stereocenters. The van der Waals surface area contributed by atoms with Gasteiger partial charge in [0.25, 0.3) is 0 Å². The second kappa shape index (κ2) is 10.8. The van der Waals surface area contributed by atoms with Crippen LogP contribution in [0.2, 0.25) is 0 Å². The van der Waals surface area contributed by atoms with Gasteiger partial charge in [-0.1, -0.05) is 13.8 Å². The Balaban J connectivity index is 2.44. The van der Waals surface area contributed by atoms with Gasteiger partial charge in [0.2, 0.25) is 0 Å². The molecule has 0 aliphatic rings. The van der Waals surface area contributed by atoms with Crippen molar-refractivity contribution in [1.82, 2.24) is 0 Å². The second-order valence-corrected chi connectivity index (χ2v) is 5.55. The average molecular weight is 338 g/mol. The highest BCUT2D eigenvalue weighted by molar-refractivity contribution is 5.93. The number of benzene rings is 1. The number of esters is 2. The SMILES string of the molecule is CCC(O)CCOC(=O)c1ccc(C(=O)OCCC(O)CC)cc1. The lowest BCUT2D eigenvalue weighted by Gasteiger charge is -2.09. The van der Waals surface area contributed by atoms with Crippen molar-refractivity contribution in [3.05, 3.63) is 35.4 Å². The van der Waals surface area contributed by atoms with Gasteiger partial charge in [-0.05, 0) is 37.1 Å². The fraction of sp³-hybridized carbons (Fsp3) is 0.556. The normalized spacial score (nSPS) is 13.2. The molecule has 0 spiro atoms. The third-order valence-corrected chi connectivity index (χ3v) is 3.67. The van der Waals surface area contributed by atoms with Gasteiger partial charge in [-0.15, -0.1) is 0 Å². The zero-order valence-corrected chi connectivity index (χ0v) is 14.2. The molecule has 0 bridgehead atoms. The number of hydrogen-bond acceptors (Lipinski definition) is 6. The van der Waals surface area contributed by atoms with Crippen LogP contribution in [0.3, 0.4) is 0 Å². The number of aliphatic hydroxyl groups excluding tert-OH is 2. The van der Waals surface area contributed by atoms with E-state index in [2.05, 4.69) is 0 Å². The number of hydrogen-bond donors (Lipinski definition) is 2. The number of carbonyl (C=O) groups is 2. The van der Waals surface area contributed by atoms with Gasteiger partial charge in [0.1, 0.15) is 0 Å². The molecule has 1 aromatic carbocycles. The fourth-order valence-electron chi connectivity index (χ4n) is 1.89. The van der Waals surface area contributed by atoms with Gasteiger partial charge in [-0.2, -0.15) is 0 Å². The highest BCUT2D eigenvalue weighted by atomic mass is 16.5. The van der Waals surface area contributed by atoms with E-state index in [1.54, 1.807) is 0 Å². The molecule has 2 N–H and O–H groups in total. The van der Waals surface area contributed by atoms with Crippen molar-refractivity contribution in [3.8, 4) is 0 Å². The summed E-state index contributed by atoms with van der Waals surface area (Å²) in [7, 11) is 0. The molecule has 134 valence electrons. The summed E-state index contributed by atoms with van der Waals surface area (Å²) in [4.78, 5) is 23.7. The molecule has 1 aromatic rings. The number of aliphatic hydroxyl groups is 2. The molecule has 0 aliphatic carbocycles. The zero-order valence-electron chi connectivity index (χ0n) is 14.2. The van der Waals surface area contributed by atoms with E-state index in [4.69, 9.17) is 9.47 Å². The Bertz CT molecular complexity index is 464. The van der Waals surface area contributed by atoms with E-state index in [9.17, 15) is 19.8 Å². The maximum Gasteiger partial charge on any atom is 0.338 e. The van der Waals surface area contributed by atoms with Crippen LogP contribution in [0.5, 0.6) is 0 Å². The van der Waals surface area contributed by atoms with Crippen LogP contribution in [-0.4, -0.2) is 47.6 Å². The van der Waals surface area contributed by atoms with Gasteiger partial charge in [-0.3, -0.25) is 0 Å². The first-order chi connectivity index (χ1) is 11.5. The van der Waals surface area contributed by atoms with Crippen LogP contribution >= 0.6 is 0 Å². The number of carbonyl (C=O) groups excluding carboxylic acids is 2. The van der Waals surface area contributed by atoms with Crippen LogP contribution in [-0.2, 0) is 9.47 Å². The highest BCUT2D eigenvalue weighted by Gasteiger charge is 2.12. The zero-order chi connectivity index (χ0) is 17.9. The van der Waals surface area contributed by atoms with Crippen LogP contribution in [0, 0.1) is 0 Å². The lowest BCUT2D eigenvalue weighted by Crippen LogP contribution is -2.14. The summed E-state index contributed by atoms with van der Waals surface area (Å²) in [5.74, 6) is -0.992. The Morgan fingerprint density at radius 1 is 0.833 bits per heavy atom. The van der Waals surface area contributed by atoms with E-state index < -0.39 is 24.1 Å². The molecule has 0 aromatic heterocycles. The van der Waals surface area contributed by atoms with Crippen LogP contribution < -0.4 is 0 Å². The molecule has 0 saturated heterocycles. The lowest BCUT2D eigenvalue weighted by atomic mass is 10.1. The Morgan fingerprint density at radius 2 is 1.17 bits per heavy atom. The molecular weight excluding hydrogens is 312 g/mol. The summed E-state index contributed by atoms with van der Waals surface area (Å²) in [6, 6.07) is 5.98. The van der Waals surface area contributed by atoms with E-state index in [0.717, 1.165) is 0 Å². The van der Waals surface area contributed by atoms with Gasteiger partial charge in [0, 0.05) is 12.8 Å². The van der Waals surface area contributed by atoms with Crippen LogP contribution in [0.15, 0.2) is 24.3 Å². The smallest absolute Gasteiger partial charge is 0.338 e. The highest BCUT2D eigenvalue weighted by Crippen LogP contribution is 2.09. The first-order valence-corrected chi connectivity index (χ1v) is 8.28. The third kappa shape index (κ3) is 7.10. The summed E-state index contributed by atoms with van der Waals surface area (Å²) < 4.78 is 10.1. The molecule has 0 radical (unpaired) electrons. The van der Waals surface area contributed by atoms with Gasteiger partial charge < -0.3 is 19.7 Å².